The normalized spacial score (nSPS) is 13.4. The van der Waals surface area contributed by atoms with Crippen molar-refractivity contribution in [1.82, 2.24) is 0 Å². The Labute approximate surface area is 460 Å². The summed E-state index contributed by atoms with van der Waals surface area (Å²) >= 11 is 0. The third kappa shape index (κ3) is 59.5. The fourth-order valence-electron chi connectivity index (χ4n) is 7.42. The Hall–Kier alpha value is -5.23. The van der Waals surface area contributed by atoms with E-state index in [0.29, 0.717) is 12.8 Å². The molecule has 0 radical (unpaired) electrons. The van der Waals surface area contributed by atoms with Crippen LogP contribution in [0.1, 0.15) is 226 Å². The van der Waals surface area contributed by atoms with Gasteiger partial charge in [-0.05, 0) is 122 Å². The molecule has 0 saturated heterocycles. The predicted octanol–water partition coefficient (Wildman–Crippen LogP) is 20.3. The van der Waals surface area contributed by atoms with E-state index in [0.717, 1.165) is 116 Å². The summed E-state index contributed by atoms with van der Waals surface area (Å²) in [5, 5.41) is 0. The van der Waals surface area contributed by atoms with Gasteiger partial charge < -0.3 is 14.2 Å². The molecule has 0 aromatic rings. The van der Waals surface area contributed by atoms with Crippen molar-refractivity contribution in [2.24, 2.45) is 0 Å². The van der Waals surface area contributed by atoms with Crippen LogP contribution in [0.15, 0.2) is 170 Å². The molecule has 0 heterocycles. The van der Waals surface area contributed by atoms with Gasteiger partial charge in [-0.3, -0.25) is 14.4 Å². The molecule has 1 atom stereocenters. The van der Waals surface area contributed by atoms with Crippen molar-refractivity contribution >= 4 is 17.9 Å². The largest absolute Gasteiger partial charge is 0.462 e. The molecule has 0 amide bonds. The van der Waals surface area contributed by atoms with Crippen LogP contribution in [-0.2, 0) is 28.6 Å². The highest BCUT2D eigenvalue weighted by Gasteiger charge is 2.19. The van der Waals surface area contributed by atoms with Crippen molar-refractivity contribution in [2.75, 3.05) is 13.2 Å². The SMILES string of the molecule is CC/C=C\C/C=C\C/C=C\C/C=C\C/C=C\CCCC(=O)OC(COC(=O)C/C=C\C/C=C\C/C=C\C/C=C\C/C=C\CC)COC(=O)CCCCCCCCCCCCCC/C=C\C/C=C\C/C=C\C/C=C\CC. The van der Waals surface area contributed by atoms with Gasteiger partial charge in [0.15, 0.2) is 6.10 Å². The summed E-state index contributed by atoms with van der Waals surface area (Å²) in [7, 11) is 0. The molecule has 0 aliphatic carbocycles. The zero-order chi connectivity index (χ0) is 54.3. The lowest BCUT2D eigenvalue weighted by molar-refractivity contribution is -0.166. The Bertz CT molecular complexity index is 1750. The average molecular weight is 1030 g/mol. The second kappa shape index (κ2) is 61.3. The monoisotopic (exact) mass is 1030 g/mol. The average Bonchev–Trinajstić information content (AvgIpc) is 3.41. The maximum atomic E-state index is 12.8. The smallest absolute Gasteiger partial charge is 0.309 e. The summed E-state index contributed by atoms with van der Waals surface area (Å²) in [4.78, 5) is 38.1. The molecule has 418 valence electrons. The molecule has 6 nitrogen and oxygen atoms in total. The van der Waals surface area contributed by atoms with E-state index in [4.69, 9.17) is 14.2 Å². The van der Waals surface area contributed by atoms with Crippen molar-refractivity contribution in [2.45, 2.75) is 232 Å². The van der Waals surface area contributed by atoms with Crippen molar-refractivity contribution in [3.63, 3.8) is 0 Å². The van der Waals surface area contributed by atoms with Gasteiger partial charge in [-0.1, -0.05) is 255 Å². The van der Waals surface area contributed by atoms with Crippen LogP contribution in [0.3, 0.4) is 0 Å². The van der Waals surface area contributed by atoms with Crippen LogP contribution in [0.2, 0.25) is 0 Å². The molecule has 0 fully saturated rings. The lowest BCUT2D eigenvalue weighted by Gasteiger charge is -2.18. The van der Waals surface area contributed by atoms with Gasteiger partial charge in [-0.25, -0.2) is 0 Å². The summed E-state index contributed by atoms with van der Waals surface area (Å²) < 4.78 is 16.7. The third-order valence-corrected chi connectivity index (χ3v) is 11.7. The van der Waals surface area contributed by atoms with Gasteiger partial charge >= 0.3 is 17.9 Å². The van der Waals surface area contributed by atoms with E-state index in [-0.39, 0.29) is 32.0 Å². The molecule has 0 rings (SSSR count). The Morgan fingerprint density at radius 3 is 0.907 bits per heavy atom. The van der Waals surface area contributed by atoms with Gasteiger partial charge in [0.25, 0.3) is 0 Å². The van der Waals surface area contributed by atoms with E-state index in [2.05, 4.69) is 179 Å². The Morgan fingerprint density at radius 1 is 0.280 bits per heavy atom. The summed E-state index contributed by atoms with van der Waals surface area (Å²) in [6.07, 6.45) is 91.0. The first-order chi connectivity index (χ1) is 37.0. The Morgan fingerprint density at radius 2 is 0.547 bits per heavy atom. The molecule has 0 saturated carbocycles. The molecular formula is C69H106O6. The first kappa shape index (κ1) is 69.8. The summed E-state index contributed by atoms with van der Waals surface area (Å²) in [6, 6.07) is 0. The minimum atomic E-state index is -0.858. The maximum absolute atomic E-state index is 12.8. The molecule has 0 aromatic heterocycles. The molecule has 0 N–H and O–H groups in total. The van der Waals surface area contributed by atoms with Crippen molar-refractivity contribution < 1.29 is 28.6 Å². The molecule has 75 heavy (non-hydrogen) atoms. The van der Waals surface area contributed by atoms with Gasteiger partial charge in [0.1, 0.15) is 13.2 Å². The van der Waals surface area contributed by atoms with Gasteiger partial charge in [-0.2, -0.15) is 0 Å². The van der Waals surface area contributed by atoms with Gasteiger partial charge in [0, 0.05) is 12.8 Å². The van der Waals surface area contributed by atoms with Crippen LogP contribution >= 0.6 is 0 Å². The molecule has 0 aromatic carbocycles. The summed E-state index contributed by atoms with van der Waals surface area (Å²) in [5.41, 5.74) is 0. The molecule has 0 bridgehead atoms. The summed E-state index contributed by atoms with van der Waals surface area (Å²) in [5.74, 6) is -1.14. The number of esters is 3. The summed E-state index contributed by atoms with van der Waals surface area (Å²) in [6.45, 7) is 6.15. The van der Waals surface area contributed by atoms with Crippen molar-refractivity contribution in [3.05, 3.63) is 170 Å². The predicted molar refractivity (Wildman–Crippen MR) is 325 cm³/mol. The number of hydrogen-bond acceptors (Lipinski definition) is 6. The fraction of sp³-hybridized carbons (Fsp3) is 0.551. The quantitative estimate of drug-likeness (QED) is 0.0261. The third-order valence-electron chi connectivity index (χ3n) is 11.7. The zero-order valence-corrected chi connectivity index (χ0v) is 47.7. The highest BCUT2D eigenvalue weighted by molar-refractivity contribution is 5.72. The topological polar surface area (TPSA) is 78.9 Å². The van der Waals surface area contributed by atoms with E-state index in [1.165, 1.54) is 64.2 Å². The zero-order valence-electron chi connectivity index (χ0n) is 47.7. The highest BCUT2D eigenvalue weighted by Crippen LogP contribution is 2.14. The van der Waals surface area contributed by atoms with Crippen LogP contribution in [0.5, 0.6) is 0 Å². The van der Waals surface area contributed by atoms with Crippen LogP contribution in [0.25, 0.3) is 0 Å². The minimum absolute atomic E-state index is 0.107. The van der Waals surface area contributed by atoms with Gasteiger partial charge in [0.05, 0.1) is 6.42 Å². The van der Waals surface area contributed by atoms with Crippen molar-refractivity contribution in [1.29, 1.82) is 0 Å². The van der Waals surface area contributed by atoms with E-state index >= 15 is 0 Å². The first-order valence-corrected chi connectivity index (χ1v) is 29.6. The fourth-order valence-corrected chi connectivity index (χ4v) is 7.42. The lowest BCUT2D eigenvalue weighted by Crippen LogP contribution is -2.30. The number of carbonyl (C=O) groups excluding carboxylic acids is 3. The van der Waals surface area contributed by atoms with Crippen LogP contribution in [-0.4, -0.2) is 37.2 Å². The molecule has 0 aliphatic heterocycles. The van der Waals surface area contributed by atoms with Crippen molar-refractivity contribution in [3.8, 4) is 0 Å². The molecule has 0 aliphatic rings. The van der Waals surface area contributed by atoms with E-state index in [9.17, 15) is 14.4 Å². The highest BCUT2D eigenvalue weighted by atomic mass is 16.6. The lowest BCUT2D eigenvalue weighted by atomic mass is 10.0. The van der Waals surface area contributed by atoms with Crippen LogP contribution in [0.4, 0.5) is 0 Å². The standard InChI is InChI=1S/C69H106O6/c1-4-7-10-13-16-19-22-25-28-30-31-32-33-34-35-36-37-39-41-44-47-50-53-56-59-62-68(71)74-65-66(64-73-67(70)61-58-55-52-49-46-43-40-27-24-21-18-15-12-9-6-3)75-69(72)63-60-57-54-51-48-45-42-38-29-26-23-20-17-14-11-8-5-2/h7-12,16-21,25-29,31-32,40,42,45-46,49,51,54-55,58,66H,4-6,13-15,22-24,30,33-39,41,43-44,47-48,50,52-53,56-57,59-65H2,1-3H3/b10-7-,11-8-,12-9-,19-16-,20-17-,21-18-,28-25-,29-26-,32-31-,40-27-,45-42-,49-46-,54-51-,58-55-. The van der Waals surface area contributed by atoms with Gasteiger partial charge in [-0.15, -0.1) is 0 Å². The van der Waals surface area contributed by atoms with Crippen LogP contribution in [0, 0.1) is 0 Å². The second-order valence-electron chi connectivity index (χ2n) is 18.8. The molecule has 6 heteroatoms. The van der Waals surface area contributed by atoms with Crippen LogP contribution < -0.4 is 0 Å². The number of rotatable bonds is 51. The molecular weight excluding hydrogens is 925 g/mol. The number of unbranched alkanes of at least 4 members (excludes halogenated alkanes) is 13. The Kier molecular flexibility index (Phi) is 57.0. The number of carbonyl (C=O) groups is 3. The van der Waals surface area contributed by atoms with E-state index < -0.39 is 18.0 Å². The second-order valence-corrected chi connectivity index (χ2v) is 18.8. The van der Waals surface area contributed by atoms with E-state index in [1.54, 1.807) is 6.08 Å². The maximum Gasteiger partial charge on any atom is 0.309 e. The molecule has 0 spiro atoms. The minimum Gasteiger partial charge on any atom is -0.462 e. The molecule has 1 unspecified atom stereocenters. The number of allylic oxidation sites excluding steroid dienone is 27. The number of ether oxygens (including phenoxy) is 3. The van der Waals surface area contributed by atoms with Gasteiger partial charge in [0.2, 0.25) is 0 Å². The van der Waals surface area contributed by atoms with E-state index in [1.807, 2.05) is 6.08 Å². The first-order valence-electron chi connectivity index (χ1n) is 29.6. The number of hydrogen-bond donors (Lipinski definition) is 0. The Balaban J connectivity index is 4.51.